The molecule has 1 aromatic heterocycles. The molecule has 1 heterocycles. The lowest BCUT2D eigenvalue weighted by molar-refractivity contribution is -0.233. The second-order valence-corrected chi connectivity index (χ2v) is 12.3. The SMILES string of the molecule is Cn1cc(C(O)C2(O)C3CC2CC(S(=O)(=O)c2cc(C(=O)Nc4ccc(F)c(F)c4)ccc2Cl)C3)cn1. The highest BCUT2D eigenvalue weighted by Gasteiger charge is 2.63. The van der Waals surface area contributed by atoms with Crippen LogP contribution in [0.25, 0.3) is 0 Å². The van der Waals surface area contributed by atoms with Crippen LogP contribution in [0.4, 0.5) is 14.5 Å². The molecule has 3 saturated carbocycles. The summed E-state index contributed by atoms with van der Waals surface area (Å²) in [5.41, 5.74) is -1.02. The summed E-state index contributed by atoms with van der Waals surface area (Å²) >= 11 is 6.24. The molecular formula is C25H24ClF2N3O5S. The highest BCUT2D eigenvalue weighted by Crippen LogP contribution is 2.60. The molecule has 12 heteroatoms. The van der Waals surface area contributed by atoms with E-state index in [2.05, 4.69) is 10.4 Å². The smallest absolute Gasteiger partial charge is 0.255 e. The molecule has 3 unspecified atom stereocenters. The number of nitrogens with zero attached hydrogens (tertiary/aromatic N) is 2. The fourth-order valence-electron chi connectivity index (χ4n) is 5.56. The van der Waals surface area contributed by atoms with Crippen molar-refractivity contribution in [1.82, 2.24) is 9.78 Å². The normalized spacial score (nSPS) is 25.8. The van der Waals surface area contributed by atoms with Crippen molar-refractivity contribution < 1.29 is 32.2 Å². The van der Waals surface area contributed by atoms with Crippen molar-refractivity contribution in [3.63, 3.8) is 0 Å². The average Bonchev–Trinajstić information content (AvgIpc) is 3.31. The number of sulfone groups is 1. The monoisotopic (exact) mass is 551 g/mol. The number of hydrogen-bond donors (Lipinski definition) is 3. The maximum atomic E-state index is 13.6. The zero-order chi connectivity index (χ0) is 26.7. The number of hydrogen-bond acceptors (Lipinski definition) is 6. The van der Waals surface area contributed by atoms with Gasteiger partial charge >= 0.3 is 0 Å². The lowest BCUT2D eigenvalue weighted by atomic mass is 9.51. The van der Waals surface area contributed by atoms with Crippen molar-refractivity contribution in [3.8, 4) is 0 Å². The van der Waals surface area contributed by atoms with Gasteiger partial charge in [0.2, 0.25) is 0 Å². The summed E-state index contributed by atoms with van der Waals surface area (Å²) in [6.45, 7) is 0. The van der Waals surface area contributed by atoms with Crippen LogP contribution < -0.4 is 5.32 Å². The Labute approximate surface area is 216 Å². The highest BCUT2D eigenvalue weighted by atomic mass is 35.5. The van der Waals surface area contributed by atoms with Crippen LogP contribution >= 0.6 is 11.6 Å². The van der Waals surface area contributed by atoms with Gasteiger partial charge in [-0.3, -0.25) is 9.48 Å². The molecule has 2 aromatic carbocycles. The topological polar surface area (TPSA) is 122 Å². The van der Waals surface area contributed by atoms with Crippen molar-refractivity contribution >= 4 is 33.0 Å². The van der Waals surface area contributed by atoms with Crippen LogP contribution in [-0.2, 0) is 16.9 Å². The fraction of sp³-hybridized carbons (Fsp3) is 0.360. The number of nitrogens with one attached hydrogen (secondary N) is 1. The van der Waals surface area contributed by atoms with E-state index in [1.54, 1.807) is 13.2 Å². The third kappa shape index (κ3) is 4.33. The minimum absolute atomic E-state index is 0.00193. The van der Waals surface area contributed by atoms with Gasteiger partial charge in [-0.1, -0.05) is 11.6 Å². The van der Waals surface area contributed by atoms with E-state index in [4.69, 9.17) is 11.6 Å². The van der Waals surface area contributed by atoms with E-state index in [1.165, 1.54) is 29.1 Å². The molecule has 0 aliphatic heterocycles. The van der Waals surface area contributed by atoms with Gasteiger partial charge in [0, 0.05) is 36.1 Å². The second-order valence-electron chi connectivity index (χ2n) is 9.73. The Balaban J connectivity index is 1.36. The molecule has 3 N–H and O–H groups in total. The zero-order valence-electron chi connectivity index (χ0n) is 19.6. The molecule has 3 atom stereocenters. The molecule has 0 saturated heterocycles. The summed E-state index contributed by atoms with van der Waals surface area (Å²) in [5.74, 6) is -3.82. The standard InChI is InChI=1S/C25H24ClF2N3O5S/c1-31-12-14(11-29-31)23(32)25(34)15-7-16(25)9-18(8-15)37(35,36)22-6-13(2-4-19(22)26)24(33)30-17-3-5-20(27)21(28)10-17/h2-6,10-12,15-16,18,23,32,34H,7-9H2,1H3,(H,30,33). The van der Waals surface area contributed by atoms with E-state index in [9.17, 15) is 32.2 Å². The molecule has 0 spiro atoms. The molecule has 3 aromatic rings. The van der Waals surface area contributed by atoms with Crippen molar-refractivity contribution in [2.45, 2.75) is 41.1 Å². The van der Waals surface area contributed by atoms with Crippen LogP contribution in [0.1, 0.15) is 41.3 Å². The molecule has 37 heavy (non-hydrogen) atoms. The quantitative estimate of drug-likeness (QED) is 0.430. The predicted molar refractivity (Wildman–Crippen MR) is 131 cm³/mol. The molecule has 0 radical (unpaired) electrons. The number of carbonyl (C=O) groups is 1. The summed E-state index contributed by atoms with van der Waals surface area (Å²) in [5, 5.41) is 27.7. The number of rotatable bonds is 6. The summed E-state index contributed by atoms with van der Waals surface area (Å²) in [6, 6.07) is 6.64. The maximum Gasteiger partial charge on any atom is 0.255 e. The van der Waals surface area contributed by atoms with E-state index in [1.807, 2.05) is 0 Å². The van der Waals surface area contributed by atoms with E-state index < -0.39 is 56.2 Å². The van der Waals surface area contributed by atoms with Crippen LogP contribution in [0.2, 0.25) is 5.02 Å². The Kier molecular flexibility index (Phi) is 6.38. The Morgan fingerprint density at radius 2 is 1.86 bits per heavy atom. The molecule has 1 amide bonds. The number of aliphatic hydroxyl groups excluding tert-OH is 1. The van der Waals surface area contributed by atoms with Gasteiger partial charge in [0.25, 0.3) is 5.91 Å². The number of anilines is 1. The van der Waals surface area contributed by atoms with E-state index in [-0.39, 0.29) is 34.0 Å². The second kappa shape index (κ2) is 9.16. The van der Waals surface area contributed by atoms with Crippen LogP contribution in [0.3, 0.4) is 0 Å². The molecule has 3 aliphatic rings. The molecule has 196 valence electrons. The minimum Gasteiger partial charge on any atom is -0.386 e. The Morgan fingerprint density at radius 3 is 2.49 bits per heavy atom. The molecular weight excluding hydrogens is 528 g/mol. The van der Waals surface area contributed by atoms with E-state index >= 15 is 0 Å². The highest BCUT2D eigenvalue weighted by molar-refractivity contribution is 7.92. The van der Waals surface area contributed by atoms with Crippen molar-refractivity contribution in [2.75, 3.05) is 5.32 Å². The predicted octanol–water partition coefficient (Wildman–Crippen LogP) is 3.64. The van der Waals surface area contributed by atoms with Crippen molar-refractivity contribution in [3.05, 3.63) is 76.6 Å². The van der Waals surface area contributed by atoms with Gasteiger partial charge in [-0.05, 0) is 61.4 Å². The molecule has 3 fully saturated rings. The number of amides is 1. The Morgan fingerprint density at radius 1 is 1.16 bits per heavy atom. The zero-order valence-corrected chi connectivity index (χ0v) is 21.2. The third-order valence-corrected chi connectivity index (χ3v) is 10.2. The number of fused-ring (bicyclic) bond motifs is 2. The Bertz CT molecular complexity index is 1480. The number of halogens is 3. The average molecular weight is 552 g/mol. The van der Waals surface area contributed by atoms with E-state index in [0.29, 0.717) is 12.0 Å². The Hall–Kier alpha value is -2.86. The third-order valence-electron chi connectivity index (χ3n) is 7.57. The molecule has 3 aliphatic carbocycles. The molecule has 8 nitrogen and oxygen atoms in total. The van der Waals surface area contributed by atoms with Crippen LogP contribution in [0.15, 0.2) is 53.7 Å². The first-order chi connectivity index (χ1) is 17.4. The number of aromatic nitrogens is 2. The fourth-order valence-corrected chi connectivity index (χ4v) is 7.96. The number of aryl methyl sites for hydroxylation is 1. The summed E-state index contributed by atoms with van der Waals surface area (Å²) in [7, 11) is -2.31. The first-order valence-corrected chi connectivity index (χ1v) is 13.5. The van der Waals surface area contributed by atoms with Gasteiger partial charge in [-0.15, -0.1) is 0 Å². The van der Waals surface area contributed by atoms with Gasteiger partial charge < -0.3 is 15.5 Å². The van der Waals surface area contributed by atoms with Gasteiger partial charge in [0.15, 0.2) is 21.5 Å². The summed E-state index contributed by atoms with van der Waals surface area (Å²) in [4.78, 5) is 12.5. The maximum absolute atomic E-state index is 13.6. The number of aliphatic hydroxyl groups is 2. The lowest BCUT2D eigenvalue weighted by Crippen LogP contribution is -2.64. The van der Waals surface area contributed by atoms with Gasteiger partial charge in [-0.2, -0.15) is 5.10 Å². The summed E-state index contributed by atoms with van der Waals surface area (Å²) in [6.07, 6.45) is 2.72. The number of benzene rings is 2. The number of carbonyl (C=O) groups excluding carboxylic acids is 1. The first kappa shape index (κ1) is 25.8. The van der Waals surface area contributed by atoms with Crippen LogP contribution in [0.5, 0.6) is 0 Å². The molecule has 6 rings (SSSR count). The van der Waals surface area contributed by atoms with Crippen LogP contribution in [0, 0.1) is 23.5 Å². The lowest BCUT2D eigenvalue weighted by Gasteiger charge is -2.59. The summed E-state index contributed by atoms with van der Waals surface area (Å²) < 4.78 is 55.3. The first-order valence-electron chi connectivity index (χ1n) is 11.6. The van der Waals surface area contributed by atoms with Gasteiger partial charge in [0.05, 0.1) is 21.4 Å². The van der Waals surface area contributed by atoms with Gasteiger partial charge in [-0.25, -0.2) is 17.2 Å². The minimum atomic E-state index is -4.00. The molecule has 2 bridgehead atoms. The van der Waals surface area contributed by atoms with Crippen LogP contribution in [-0.4, -0.2) is 45.2 Å². The largest absolute Gasteiger partial charge is 0.386 e. The van der Waals surface area contributed by atoms with Crippen molar-refractivity contribution in [1.29, 1.82) is 0 Å². The van der Waals surface area contributed by atoms with Gasteiger partial charge in [0.1, 0.15) is 11.7 Å². The van der Waals surface area contributed by atoms with E-state index in [0.717, 1.165) is 18.2 Å². The van der Waals surface area contributed by atoms with Crippen molar-refractivity contribution in [2.24, 2.45) is 18.9 Å².